The fourth-order valence-corrected chi connectivity index (χ4v) is 5.14. The summed E-state index contributed by atoms with van der Waals surface area (Å²) < 4.78 is 49.5. The number of aryl methyl sites for hydroxylation is 1. The number of nitrogens with one attached hydrogen (secondary N) is 1. The number of sulfonamides is 1. The molecule has 0 unspecified atom stereocenters. The molecule has 6 nitrogen and oxygen atoms in total. The molecule has 1 aromatic carbocycles. The fourth-order valence-electron chi connectivity index (χ4n) is 1.54. The van der Waals surface area contributed by atoms with E-state index in [-0.39, 0.29) is 4.90 Å². The molecule has 0 heterocycles. The van der Waals surface area contributed by atoms with E-state index in [1.54, 1.807) is 39.8 Å². The molecule has 0 aliphatic heterocycles. The minimum atomic E-state index is -3.99. The van der Waals surface area contributed by atoms with E-state index in [2.05, 4.69) is 4.49 Å². The maximum Gasteiger partial charge on any atom is 0.419 e. The fraction of sp³-hybridized carbons (Fsp3) is 0.538. The Balaban J connectivity index is 3.06. The molecule has 0 spiro atoms. The zero-order chi connectivity index (χ0) is 16.3. The lowest BCUT2D eigenvalue weighted by Gasteiger charge is -2.22. The average Bonchev–Trinajstić information content (AvgIpc) is 2.25. The summed E-state index contributed by atoms with van der Waals surface area (Å²) in [6.45, 7) is 8.44. The molecule has 0 saturated heterocycles. The van der Waals surface area contributed by atoms with Gasteiger partial charge in [0.15, 0.2) is 0 Å². The standard InChI is InChI=1S/C13H22NO5PS/c1-10(2)18-20(15,19-11(3)4)14-21(16,17)13-8-6-12(5)7-9-13/h6-11H,1-5H3,(H,14,15). The van der Waals surface area contributed by atoms with Crippen LogP contribution in [0.2, 0.25) is 0 Å². The van der Waals surface area contributed by atoms with Gasteiger partial charge in [-0.25, -0.2) is 13.0 Å². The molecule has 0 aliphatic rings. The highest BCUT2D eigenvalue weighted by Gasteiger charge is 2.34. The SMILES string of the molecule is Cc1ccc(S(=O)(=O)NP(=O)(OC(C)C)OC(C)C)cc1. The maximum atomic E-state index is 12.6. The Labute approximate surface area is 126 Å². The van der Waals surface area contributed by atoms with Gasteiger partial charge in [-0.1, -0.05) is 17.7 Å². The van der Waals surface area contributed by atoms with Crippen molar-refractivity contribution in [3.63, 3.8) is 0 Å². The maximum absolute atomic E-state index is 12.6. The lowest BCUT2D eigenvalue weighted by atomic mass is 10.2. The number of benzene rings is 1. The highest BCUT2D eigenvalue weighted by molar-refractivity contribution is 7.94. The van der Waals surface area contributed by atoms with Crippen LogP contribution >= 0.6 is 7.75 Å². The minimum absolute atomic E-state index is 0.00744. The van der Waals surface area contributed by atoms with Crippen molar-refractivity contribution in [2.75, 3.05) is 0 Å². The van der Waals surface area contributed by atoms with Gasteiger partial charge in [-0.05, 0) is 46.8 Å². The van der Waals surface area contributed by atoms with E-state index in [1.807, 2.05) is 6.92 Å². The molecule has 0 atom stereocenters. The Kier molecular flexibility index (Phi) is 6.13. The third kappa shape index (κ3) is 5.88. The van der Waals surface area contributed by atoms with Crippen molar-refractivity contribution in [2.24, 2.45) is 0 Å². The molecule has 8 heteroatoms. The van der Waals surface area contributed by atoms with Gasteiger partial charge in [-0.3, -0.25) is 9.05 Å². The first-order valence-electron chi connectivity index (χ1n) is 6.62. The normalized spacial score (nSPS) is 13.1. The van der Waals surface area contributed by atoms with Crippen LogP contribution in [-0.2, 0) is 23.6 Å². The third-order valence-corrected chi connectivity index (χ3v) is 6.41. The molecular weight excluding hydrogens is 313 g/mol. The van der Waals surface area contributed by atoms with Crippen molar-refractivity contribution in [1.82, 2.24) is 4.49 Å². The number of rotatable bonds is 7. The second kappa shape index (κ2) is 7.03. The molecule has 0 aliphatic carbocycles. The van der Waals surface area contributed by atoms with E-state index in [4.69, 9.17) is 9.05 Å². The molecule has 120 valence electrons. The summed E-state index contributed by atoms with van der Waals surface area (Å²) in [7, 11) is -7.96. The third-order valence-electron chi connectivity index (χ3n) is 2.26. The second-order valence-electron chi connectivity index (χ2n) is 5.21. The molecular formula is C13H22NO5PS. The summed E-state index contributed by atoms with van der Waals surface area (Å²) in [5.74, 6) is 0. The first-order valence-corrected chi connectivity index (χ1v) is 9.64. The summed E-state index contributed by atoms with van der Waals surface area (Å²) in [5.41, 5.74) is 0.925. The van der Waals surface area contributed by atoms with E-state index in [9.17, 15) is 13.0 Å². The van der Waals surface area contributed by atoms with Crippen molar-refractivity contribution in [3.05, 3.63) is 29.8 Å². The highest BCUT2D eigenvalue weighted by Crippen LogP contribution is 2.47. The van der Waals surface area contributed by atoms with E-state index < -0.39 is 30.0 Å². The van der Waals surface area contributed by atoms with Crippen LogP contribution in [0, 0.1) is 6.92 Å². The Morgan fingerprint density at radius 2 is 1.43 bits per heavy atom. The first-order chi connectivity index (χ1) is 9.54. The van der Waals surface area contributed by atoms with Crippen molar-refractivity contribution in [1.29, 1.82) is 0 Å². The summed E-state index contributed by atoms with van der Waals surface area (Å²) >= 11 is 0. The molecule has 0 aromatic heterocycles. The van der Waals surface area contributed by atoms with Gasteiger partial charge in [0, 0.05) is 0 Å². The number of hydrogen-bond donors (Lipinski definition) is 1. The molecule has 1 N–H and O–H groups in total. The molecule has 21 heavy (non-hydrogen) atoms. The van der Waals surface area contributed by atoms with Crippen LogP contribution in [0.4, 0.5) is 0 Å². The van der Waals surface area contributed by atoms with Gasteiger partial charge < -0.3 is 0 Å². The van der Waals surface area contributed by atoms with Crippen molar-refractivity contribution in [3.8, 4) is 0 Å². The first kappa shape index (κ1) is 18.3. The van der Waals surface area contributed by atoms with Gasteiger partial charge in [0.25, 0.3) is 0 Å². The van der Waals surface area contributed by atoms with Crippen molar-refractivity contribution < 1.29 is 22.0 Å². The van der Waals surface area contributed by atoms with Gasteiger partial charge in [0.05, 0.1) is 17.1 Å². The second-order valence-corrected chi connectivity index (χ2v) is 8.84. The Morgan fingerprint density at radius 3 is 1.81 bits per heavy atom. The molecule has 0 radical (unpaired) electrons. The summed E-state index contributed by atoms with van der Waals surface area (Å²) in [5, 5.41) is 0. The van der Waals surface area contributed by atoms with Crippen LogP contribution in [0.15, 0.2) is 29.2 Å². The topological polar surface area (TPSA) is 81.7 Å². The van der Waals surface area contributed by atoms with Gasteiger partial charge in [-0.15, -0.1) is 4.49 Å². The van der Waals surface area contributed by atoms with Crippen LogP contribution < -0.4 is 4.49 Å². The van der Waals surface area contributed by atoms with Gasteiger partial charge in [0.1, 0.15) is 0 Å². The van der Waals surface area contributed by atoms with Crippen molar-refractivity contribution in [2.45, 2.75) is 51.7 Å². The monoisotopic (exact) mass is 335 g/mol. The smallest absolute Gasteiger partial charge is 0.293 e. The molecule has 0 saturated carbocycles. The molecule has 0 bridgehead atoms. The van der Waals surface area contributed by atoms with E-state index in [1.165, 1.54) is 12.1 Å². The van der Waals surface area contributed by atoms with Crippen LogP contribution in [0.25, 0.3) is 0 Å². The Morgan fingerprint density at radius 1 is 1.00 bits per heavy atom. The predicted octanol–water partition coefficient (Wildman–Crippen LogP) is 3.23. The van der Waals surface area contributed by atoms with Gasteiger partial charge in [0.2, 0.25) is 10.0 Å². The zero-order valence-electron chi connectivity index (χ0n) is 12.9. The predicted molar refractivity (Wildman–Crippen MR) is 81.5 cm³/mol. The molecule has 0 amide bonds. The van der Waals surface area contributed by atoms with Crippen molar-refractivity contribution >= 4 is 17.8 Å². The van der Waals surface area contributed by atoms with Gasteiger partial charge >= 0.3 is 7.75 Å². The summed E-state index contributed by atoms with van der Waals surface area (Å²) in [6.07, 6.45) is -0.898. The van der Waals surface area contributed by atoms with Crippen LogP contribution in [-0.4, -0.2) is 20.6 Å². The Hall–Kier alpha value is -0.720. The van der Waals surface area contributed by atoms with E-state index in [0.29, 0.717) is 0 Å². The van der Waals surface area contributed by atoms with Crippen LogP contribution in [0.3, 0.4) is 0 Å². The Bertz CT molecular complexity index is 596. The van der Waals surface area contributed by atoms with Crippen LogP contribution in [0.5, 0.6) is 0 Å². The van der Waals surface area contributed by atoms with E-state index >= 15 is 0 Å². The lowest BCUT2D eigenvalue weighted by Crippen LogP contribution is -2.26. The van der Waals surface area contributed by atoms with E-state index in [0.717, 1.165) is 5.56 Å². The largest absolute Gasteiger partial charge is 0.419 e. The molecule has 1 aromatic rings. The zero-order valence-corrected chi connectivity index (χ0v) is 14.6. The minimum Gasteiger partial charge on any atom is -0.293 e. The highest BCUT2D eigenvalue weighted by atomic mass is 32.2. The average molecular weight is 335 g/mol. The van der Waals surface area contributed by atoms with Gasteiger partial charge in [-0.2, -0.15) is 0 Å². The summed E-state index contributed by atoms with van der Waals surface area (Å²) in [6, 6.07) is 6.19. The van der Waals surface area contributed by atoms with Crippen LogP contribution in [0.1, 0.15) is 33.3 Å². The molecule has 1 rings (SSSR count). The number of hydrogen-bond acceptors (Lipinski definition) is 5. The quantitative estimate of drug-likeness (QED) is 0.774. The summed E-state index contributed by atoms with van der Waals surface area (Å²) in [4.78, 5) is 0.00744. The lowest BCUT2D eigenvalue weighted by molar-refractivity contribution is 0.140. The molecule has 0 fully saturated rings.